The molecule has 1 aromatic heterocycles. The Hall–Kier alpha value is -2.69. The lowest BCUT2D eigenvalue weighted by molar-refractivity contribution is -0.126. The molecule has 2 rings (SSSR count). The fourth-order valence-electron chi connectivity index (χ4n) is 2.31. The molecule has 5 nitrogen and oxygen atoms in total. The average Bonchev–Trinajstić information content (AvgIpc) is 3.18. The van der Waals surface area contributed by atoms with Gasteiger partial charge in [-0.25, -0.2) is 0 Å². The first-order chi connectivity index (χ1) is 12.1. The maximum absolute atomic E-state index is 12.4. The second-order valence-electron chi connectivity index (χ2n) is 5.73. The fraction of sp³-hybridized carbons (Fsp3) is 0.350. The molecule has 1 amide bonds. The SMILES string of the molecule is CCCOc1ccc(/C=C/C(=O)N(C)C(C)c2ccco2)cc1OC. The molecule has 25 heavy (non-hydrogen) atoms. The molecule has 0 fully saturated rings. The molecule has 0 aliphatic rings. The van der Waals surface area contributed by atoms with Crippen LogP contribution in [0.2, 0.25) is 0 Å². The predicted molar refractivity (Wildman–Crippen MR) is 97.7 cm³/mol. The number of hydrogen-bond donors (Lipinski definition) is 0. The van der Waals surface area contributed by atoms with Crippen LogP contribution in [-0.2, 0) is 4.79 Å². The predicted octanol–water partition coefficient (Wildman–Crippen LogP) is 4.31. The van der Waals surface area contributed by atoms with Crippen LogP contribution in [0.25, 0.3) is 6.08 Å². The van der Waals surface area contributed by atoms with E-state index in [9.17, 15) is 4.79 Å². The van der Waals surface area contributed by atoms with Crippen LogP contribution in [0.5, 0.6) is 11.5 Å². The Balaban J connectivity index is 2.06. The van der Waals surface area contributed by atoms with Gasteiger partial charge in [0.15, 0.2) is 11.5 Å². The number of benzene rings is 1. The third-order valence-electron chi connectivity index (χ3n) is 3.95. The van der Waals surface area contributed by atoms with Gasteiger partial charge in [0.2, 0.25) is 5.91 Å². The number of carbonyl (C=O) groups excluding carboxylic acids is 1. The Morgan fingerprint density at radius 3 is 2.76 bits per heavy atom. The Morgan fingerprint density at radius 2 is 2.12 bits per heavy atom. The number of amides is 1. The van der Waals surface area contributed by atoms with Gasteiger partial charge in [-0.15, -0.1) is 0 Å². The van der Waals surface area contributed by atoms with Crippen LogP contribution in [0, 0.1) is 0 Å². The summed E-state index contributed by atoms with van der Waals surface area (Å²) in [5.74, 6) is 2.01. The molecular weight excluding hydrogens is 318 g/mol. The maximum atomic E-state index is 12.4. The van der Waals surface area contributed by atoms with E-state index in [1.807, 2.05) is 37.3 Å². The second-order valence-corrected chi connectivity index (χ2v) is 5.73. The first-order valence-corrected chi connectivity index (χ1v) is 8.36. The number of hydrogen-bond acceptors (Lipinski definition) is 4. The van der Waals surface area contributed by atoms with Crippen molar-refractivity contribution in [3.8, 4) is 11.5 Å². The lowest BCUT2D eigenvalue weighted by Crippen LogP contribution is -2.27. The van der Waals surface area contributed by atoms with Crippen LogP contribution in [0.1, 0.15) is 37.6 Å². The van der Waals surface area contributed by atoms with Crippen LogP contribution in [0.3, 0.4) is 0 Å². The number of furan rings is 1. The number of rotatable bonds is 8. The minimum Gasteiger partial charge on any atom is -0.493 e. The first-order valence-electron chi connectivity index (χ1n) is 8.36. The van der Waals surface area contributed by atoms with Gasteiger partial charge in [-0.05, 0) is 49.2 Å². The van der Waals surface area contributed by atoms with E-state index in [0.29, 0.717) is 18.1 Å². The van der Waals surface area contributed by atoms with Gasteiger partial charge in [-0.2, -0.15) is 0 Å². The number of likely N-dealkylation sites (N-methyl/N-ethyl adjacent to an activating group) is 1. The summed E-state index contributed by atoms with van der Waals surface area (Å²) in [5, 5.41) is 0. The molecule has 0 spiro atoms. The van der Waals surface area contributed by atoms with Gasteiger partial charge in [-0.3, -0.25) is 4.79 Å². The summed E-state index contributed by atoms with van der Waals surface area (Å²) in [4.78, 5) is 14.0. The highest BCUT2D eigenvalue weighted by Gasteiger charge is 2.17. The molecular formula is C20H25NO4. The molecule has 0 saturated heterocycles. The summed E-state index contributed by atoms with van der Waals surface area (Å²) in [5.41, 5.74) is 0.869. The number of ether oxygens (including phenoxy) is 2. The maximum Gasteiger partial charge on any atom is 0.246 e. The van der Waals surface area contributed by atoms with Gasteiger partial charge < -0.3 is 18.8 Å². The van der Waals surface area contributed by atoms with E-state index >= 15 is 0 Å². The Labute approximate surface area is 148 Å². The number of carbonyl (C=O) groups is 1. The molecule has 0 aliphatic heterocycles. The molecule has 1 aromatic carbocycles. The summed E-state index contributed by atoms with van der Waals surface area (Å²) in [6.07, 6.45) is 5.84. The quantitative estimate of drug-likeness (QED) is 0.670. The molecule has 5 heteroatoms. The van der Waals surface area contributed by atoms with Gasteiger partial charge in [0, 0.05) is 13.1 Å². The van der Waals surface area contributed by atoms with E-state index in [-0.39, 0.29) is 11.9 Å². The van der Waals surface area contributed by atoms with E-state index in [1.54, 1.807) is 37.5 Å². The third kappa shape index (κ3) is 4.89. The van der Waals surface area contributed by atoms with E-state index in [2.05, 4.69) is 6.92 Å². The van der Waals surface area contributed by atoms with Crippen molar-refractivity contribution >= 4 is 12.0 Å². The normalized spacial score (nSPS) is 12.2. The van der Waals surface area contributed by atoms with Gasteiger partial charge in [0.05, 0.1) is 26.0 Å². The summed E-state index contributed by atoms with van der Waals surface area (Å²) in [6, 6.07) is 9.14. The van der Waals surface area contributed by atoms with E-state index in [4.69, 9.17) is 13.9 Å². The van der Waals surface area contributed by atoms with Crippen molar-refractivity contribution in [2.45, 2.75) is 26.3 Å². The van der Waals surface area contributed by atoms with Crippen molar-refractivity contribution in [3.05, 3.63) is 54.0 Å². The van der Waals surface area contributed by atoms with E-state index in [1.165, 1.54) is 0 Å². The van der Waals surface area contributed by atoms with Crippen molar-refractivity contribution in [2.24, 2.45) is 0 Å². The molecule has 1 unspecified atom stereocenters. The van der Waals surface area contributed by atoms with Crippen LogP contribution < -0.4 is 9.47 Å². The number of methoxy groups -OCH3 is 1. The van der Waals surface area contributed by atoms with E-state index < -0.39 is 0 Å². The number of nitrogens with zero attached hydrogens (tertiary/aromatic N) is 1. The molecule has 0 saturated carbocycles. The van der Waals surface area contributed by atoms with Crippen LogP contribution in [0.15, 0.2) is 47.1 Å². The lowest BCUT2D eigenvalue weighted by Gasteiger charge is -2.21. The van der Waals surface area contributed by atoms with Gasteiger partial charge in [0.1, 0.15) is 5.76 Å². The highest BCUT2D eigenvalue weighted by Crippen LogP contribution is 2.28. The molecule has 2 aromatic rings. The van der Waals surface area contributed by atoms with Crippen molar-refractivity contribution in [2.75, 3.05) is 20.8 Å². The highest BCUT2D eigenvalue weighted by molar-refractivity contribution is 5.91. The van der Waals surface area contributed by atoms with Gasteiger partial charge >= 0.3 is 0 Å². The Kier molecular flexibility index (Phi) is 6.69. The van der Waals surface area contributed by atoms with Gasteiger partial charge in [0.25, 0.3) is 0 Å². The Bertz CT molecular complexity index is 706. The van der Waals surface area contributed by atoms with Gasteiger partial charge in [-0.1, -0.05) is 13.0 Å². The fourth-order valence-corrected chi connectivity index (χ4v) is 2.31. The molecule has 0 aliphatic carbocycles. The standard InChI is InChI=1S/C20H25NO4/c1-5-12-24-18-10-8-16(14-19(18)23-4)9-11-20(22)21(3)15(2)17-7-6-13-25-17/h6-11,13-15H,5,12H2,1-4H3/b11-9+. The molecule has 1 heterocycles. The topological polar surface area (TPSA) is 51.9 Å². The molecule has 1 atom stereocenters. The third-order valence-corrected chi connectivity index (χ3v) is 3.95. The van der Waals surface area contributed by atoms with Crippen molar-refractivity contribution in [1.82, 2.24) is 4.90 Å². The minimum absolute atomic E-state index is 0.103. The van der Waals surface area contributed by atoms with E-state index in [0.717, 1.165) is 17.7 Å². The van der Waals surface area contributed by atoms with Crippen molar-refractivity contribution in [3.63, 3.8) is 0 Å². The average molecular weight is 343 g/mol. The largest absolute Gasteiger partial charge is 0.493 e. The smallest absolute Gasteiger partial charge is 0.246 e. The minimum atomic E-state index is -0.133. The molecule has 0 N–H and O–H groups in total. The van der Waals surface area contributed by atoms with Crippen LogP contribution in [0.4, 0.5) is 0 Å². The first kappa shape index (κ1) is 18.6. The lowest BCUT2D eigenvalue weighted by atomic mass is 10.1. The highest BCUT2D eigenvalue weighted by atomic mass is 16.5. The van der Waals surface area contributed by atoms with Crippen LogP contribution in [-0.4, -0.2) is 31.6 Å². The molecule has 0 bridgehead atoms. The molecule has 134 valence electrons. The zero-order chi connectivity index (χ0) is 18.2. The van der Waals surface area contributed by atoms with Crippen molar-refractivity contribution in [1.29, 1.82) is 0 Å². The van der Waals surface area contributed by atoms with Crippen molar-refractivity contribution < 1.29 is 18.7 Å². The monoisotopic (exact) mass is 343 g/mol. The zero-order valence-electron chi connectivity index (χ0n) is 15.2. The second kappa shape index (κ2) is 8.97. The van der Waals surface area contributed by atoms with Crippen LogP contribution >= 0.6 is 0 Å². The summed E-state index contributed by atoms with van der Waals surface area (Å²) >= 11 is 0. The summed E-state index contributed by atoms with van der Waals surface area (Å²) in [7, 11) is 3.35. The molecule has 0 radical (unpaired) electrons. The Morgan fingerprint density at radius 1 is 1.32 bits per heavy atom. The summed E-state index contributed by atoms with van der Waals surface area (Å²) in [6.45, 7) is 4.61. The summed E-state index contributed by atoms with van der Waals surface area (Å²) < 4.78 is 16.3. The zero-order valence-corrected chi connectivity index (χ0v) is 15.2.